The molecule has 0 rings (SSSR count). The minimum absolute atomic E-state index is 0. The summed E-state index contributed by atoms with van der Waals surface area (Å²) in [6.07, 6.45) is 23.0. The number of carbonyl (C=O) groups is 1. The third-order valence-corrected chi connectivity index (χ3v) is 5.23. The van der Waals surface area contributed by atoms with E-state index in [2.05, 4.69) is 39.4 Å². The highest BCUT2D eigenvalue weighted by atomic mass is 79.9. The van der Waals surface area contributed by atoms with Gasteiger partial charge in [-0.3, -0.25) is 0 Å². The van der Waals surface area contributed by atoms with Gasteiger partial charge in [0.05, 0.1) is 27.2 Å². The topological polar surface area (TPSA) is 69.1 Å². The third kappa shape index (κ3) is 33.3. The quantitative estimate of drug-likeness (QED) is 0.236. The van der Waals surface area contributed by atoms with Gasteiger partial charge in [-0.2, -0.15) is 0 Å². The molecule has 172 valence electrons. The smallest absolute Gasteiger partial charge is 0.309 e. The van der Waals surface area contributed by atoms with Gasteiger partial charge in [0, 0.05) is 0 Å². The van der Waals surface area contributed by atoms with Gasteiger partial charge in [0.1, 0.15) is 0 Å². The van der Waals surface area contributed by atoms with Crippen molar-refractivity contribution in [2.45, 2.75) is 117 Å². The molecule has 5 heteroatoms. The summed E-state index contributed by atoms with van der Waals surface area (Å²) >= 11 is 0. The minimum Gasteiger partial charge on any atom is -1.00 e. The van der Waals surface area contributed by atoms with E-state index >= 15 is 0 Å². The van der Waals surface area contributed by atoms with Gasteiger partial charge >= 0.3 is 6.03 Å². The maximum absolute atomic E-state index is 9.00. The van der Waals surface area contributed by atoms with Gasteiger partial charge in [-0.15, -0.1) is 0 Å². The van der Waals surface area contributed by atoms with E-state index in [0.717, 1.165) is 0 Å². The van der Waals surface area contributed by atoms with Crippen molar-refractivity contribution in [2.24, 2.45) is 11.5 Å². The number of nitrogens with zero attached hydrogens (tertiary/aromatic N) is 1. The lowest BCUT2D eigenvalue weighted by Crippen LogP contribution is -3.00. The van der Waals surface area contributed by atoms with Crippen molar-refractivity contribution >= 4 is 6.03 Å². The molecule has 0 atom stereocenters. The maximum Gasteiger partial charge on any atom is 0.309 e. The highest BCUT2D eigenvalue weighted by Gasteiger charge is 2.13. The predicted octanol–water partition coefficient (Wildman–Crippen LogP) is 3.37. The Bertz CT molecular complexity index is 286. The first kappa shape index (κ1) is 32.4. The number of unbranched alkanes of at least 4 members (excludes halogenated alkanes) is 14. The van der Waals surface area contributed by atoms with Crippen LogP contribution in [0.2, 0.25) is 0 Å². The van der Waals surface area contributed by atoms with Crippen LogP contribution < -0.4 is 28.4 Å². The fourth-order valence-corrected chi connectivity index (χ4v) is 3.46. The second kappa shape index (κ2) is 24.7. The van der Waals surface area contributed by atoms with Crippen LogP contribution >= 0.6 is 0 Å². The summed E-state index contributed by atoms with van der Waals surface area (Å²) in [5.41, 5.74) is 8.50. The SMILES string of the molecule is CCCCCCCCCC[N+](C)(C)CCCCCCCCCC.NC(N)=O.[Br-]. The molecule has 28 heavy (non-hydrogen) atoms. The van der Waals surface area contributed by atoms with E-state index in [1.807, 2.05) is 0 Å². The molecule has 4 nitrogen and oxygen atoms in total. The van der Waals surface area contributed by atoms with Crippen LogP contribution in [-0.4, -0.2) is 37.7 Å². The van der Waals surface area contributed by atoms with E-state index < -0.39 is 6.03 Å². The fourth-order valence-electron chi connectivity index (χ4n) is 3.46. The molecule has 0 saturated carbocycles. The monoisotopic (exact) mass is 465 g/mol. The maximum atomic E-state index is 9.00. The molecule has 2 amide bonds. The second-order valence-corrected chi connectivity index (χ2v) is 8.74. The normalized spacial score (nSPS) is 10.7. The van der Waals surface area contributed by atoms with Crippen molar-refractivity contribution < 1.29 is 26.3 Å². The standard InChI is InChI=1S/C22H48N.CH4N2O.BrH/c1-5-7-9-11-13-15-17-19-21-23(3,4)22-20-18-16-14-12-10-8-6-2;2-1(3)4;/h5-22H2,1-4H3;(H4,2,3,4);1H/q+1;;/p-1. The average molecular weight is 467 g/mol. The van der Waals surface area contributed by atoms with E-state index in [0.29, 0.717) is 0 Å². The van der Waals surface area contributed by atoms with Crippen LogP contribution in [0.15, 0.2) is 0 Å². The van der Waals surface area contributed by atoms with E-state index in [9.17, 15) is 0 Å². The van der Waals surface area contributed by atoms with Crippen molar-refractivity contribution in [2.75, 3.05) is 27.2 Å². The van der Waals surface area contributed by atoms with Crippen LogP contribution in [0.3, 0.4) is 0 Å². The Morgan fingerprint density at radius 1 is 0.571 bits per heavy atom. The Morgan fingerprint density at radius 3 is 1.04 bits per heavy atom. The molecule has 0 saturated heterocycles. The first-order valence-electron chi connectivity index (χ1n) is 11.7. The molecule has 4 N–H and O–H groups in total. The molecular formula is C23H52BrN3O. The molecule has 0 aliphatic carbocycles. The van der Waals surface area contributed by atoms with E-state index in [4.69, 9.17) is 4.79 Å². The average Bonchev–Trinajstić information content (AvgIpc) is 2.59. The Kier molecular flexibility index (Phi) is 28.6. The molecule has 0 radical (unpaired) electrons. The number of halogens is 1. The Hall–Kier alpha value is -0.290. The summed E-state index contributed by atoms with van der Waals surface area (Å²) in [5, 5.41) is 0. The Morgan fingerprint density at radius 2 is 0.786 bits per heavy atom. The number of primary amides is 2. The van der Waals surface area contributed by atoms with Gasteiger partial charge in [0.15, 0.2) is 0 Å². The van der Waals surface area contributed by atoms with Crippen LogP contribution in [0.4, 0.5) is 4.79 Å². The lowest BCUT2D eigenvalue weighted by Gasteiger charge is -2.30. The summed E-state index contributed by atoms with van der Waals surface area (Å²) in [4.78, 5) is 9.00. The number of quaternary nitrogens is 1. The van der Waals surface area contributed by atoms with Crippen LogP contribution in [0.1, 0.15) is 117 Å². The minimum atomic E-state index is -0.833. The molecule has 0 aromatic rings. The summed E-state index contributed by atoms with van der Waals surface area (Å²) in [7, 11) is 4.87. The molecule has 0 aliphatic rings. The van der Waals surface area contributed by atoms with Crippen molar-refractivity contribution in [3.05, 3.63) is 0 Å². The molecule has 0 heterocycles. The third-order valence-electron chi connectivity index (χ3n) is 5.23. The summed E-state index contributed by atoms with van der Waals surface area (Å²) in [6.45, 7) is 7.36. The molecular weight excluding hydrogens is 414 g/mol. The van der Waals surface area contributed by atoms with Gasteiger partial charge < -0.3 is 32.9 Å². The lowest BCUT2D eigenvalue weighted by atomic mass is 10.1. The van der Waals surface area contributed by atoms with Crippen LogP contribution in [0.5, 0.6) is 0 Å². The zero-order valence-electron chi connectivity index (χ0n) is 19.6. The highest BCUT2D eigenvalue weighted by molar-refractivity contribution is 5.69. The van der Waals surface area contributed by atoms with Crippen molar-refractivity contribution in [1.29, 1.82) is 0 Å². The molecule has 0 spiro atoms. The largest absolute Gasteiger partial charge is 1.00 e. The van der Waals surface area contributed by atoms with E-state index in [1.165, 1.54) is 120 Å². The zero-order chi connectivity index (χ0) is 20.8. The molecule has 0 fully saturated rings. The summed E-state index contributed by atoms with van der Waals surface area (Å²) < 4.78 is 1.24. The van der Waals surface area contributed by atoms with Crippen LogP contribution in [-0.2, 0) is 0 Å². The molecule has 0 unspecified atom stereocenters. The summed E-state index contributed by atoms with van der Waals surface area (Å²) in [5.74, 6) is 0. The van der Waals surface area contributed by atoms with Gasteiger partial charge in [-0.05, 0) is 25.7 Å². The first-order chi connectivity index (χ1) is 12.9. The highest BCUT2D eigenvalue weighted by Crippen LogP contribution is 2.13. The van der Waals surface area contributed by atoms with Crippen molar-refractivity contribution in [3.63, 3.8) is 0 Å². The Labute approximate surface area is 187 Å². The Balaban J connectivity index is -0.00000113. The lowest BCUT2D eigenvalue weighted by molar-refractivity contribution is -0.890. The number of hydrogen-bond acceptors (Lipinski definition) is 1. The number of urea groups is 1. The van der Waals surface area contributed by atoms with Crippen molar-refractivity contribution in [1.82, 2.24) is 0 Å². The van der Waals surface area contributed by atoms with E-state index in [-0.39, 0.29) is 17.0 Å². The van der Waals surface area contributed by atoms with Gasteiger partial charge in [0.25, 0.3) is 0 Å². The number of nitrogens with two attached hydrogens (primary N) is 2. The second-order valence-electron chi connectivity index (χ2n) is 8.74. The summed E-state index contributed by atoms with van der Waals surface area (Å²) in [6, 6.07) is -0.833. The van der Waals surface area contributed by atoms with Gasteiger partial charge in [-0.1, -0.05) is 90.9 Å². The number of hydrogen-bond donors (Lipinski definition) is 2. The number of amides is 2. The molecule has 0 aromatic carbocycles. The number of carbonyl (C=O) groups excluding carboxylic acids is 1. The fraction of sp³-hybridized carbons (Fsp3) is 0.957. The molecule has 0 aromatic heterocycles. The van der Waals surface area contributed by atoms with Gasteiger partial charge in [-0.25, -0.2) is 4.79 Å². The van der Waals surface area contributed by atoms with Gasteiger partial charge in [0.2, 0.25) is 0 Å². The first-order valence-corrected chi connectivity index (χ1v) is 11.7. The van der Waals surface area contributed by atoms with Crippen LogP contribution in [0.25, 0.3) is 0 Å². The molecule has 0 aliphatic heterocycles. The number of rotatable bonds is 18. The zero-order valence-corrected chi connectivity index (χ0v) is 21.2. The van der Waals surface area contributed by atoms with Crippen molar-refractivity contribution in [3.8, 4) is 0 Å². The molecule has 0 bridgehead atoms. The predicted molar refractivity (Wildman–Crippen MR) is 121 cm³/mol. The van der Waals surface area contributed by atoms with E-state index in [1.54, 1.807) is 0 Å². The van der Waals surface area contributed by atoms with Crippen LogP contribution in [0, 0.1) is 0 Å².